The molecule has 0 heterocycles. The van der Waals surface area contributed by atoms with E-state index in [4.69, 9.17) is 14.6 Å². The van der Waals surface area contributed by atoms with Gasteiger partial charge in [0.1, 0.15) is 5.75 Å². The van der Waals surface area contributed by atoms with Crippen LogP contribution in [0.1, 0.15) is 0 Å². The molecular weight excluding hydrogens is 278 g/mol. The maximum atomic E-state index is 11.2. The van der Waals surface area contributed by atoms with Gasteiger partial charge in [0.05, 0.1) is 4.92 Å². The fraction of sp³-hybridized carbons (Fsp3) is 0.0714. The van der Waals surface area contributed by atoms with Gasteiger partial charge in [0.15, 0.2) is 0 Å². The van der Waals surface area contributed by atoms with Gasteiger partial charge in [-0.2, -0.15) is 0 Å². The van der Waals surface area contributed by atoms with Crippen LogP contribution in [0.5, 0.6) is 11.5 Å². The summed E-state index contributed by atoms with van der Waals surface area (Å²) in [6.45, 7) is 0. The van der Waals surface area contributed by atoms with Crippen LogP contribution in [-0.4, -0.2) is 22.3 Å². The molecule has 0 spiro atoms. The van der Waals surface area contributed by atoms with E-state index in [0.717, 1.165) is 0 Å². The molecule has 0 saturated carbocycles. The van der Waals surface area contributed by atoms with Crippen LogP contribution < -0.4 is 9.47 Å². The Morgan fingerprint density at radius 1 is 1.05 bits per heavy atom. The van der Waals surface area contributed by atoms with Gasteiger partial charge in [-0.1, -0.05) is 30.3 Å². The molecule has 0 amide bonds. The van der Waals surface area contributed by atoms with Crippen LogP contribution in [0, 0.1) is 10.1 Å². The SMILES string of the molecule is O=C(O)C(Oc1ccccc1)Oc1ccccc1[N+](=O)[O-]. The molecule has 7 nitrogen and oxygen atoms in total. The second-order valence-corrected chi connectivity index (χ2v) is 3.94. The maximum Gasteiger partial charge on any atom is 0.387 e. The number of ether oxygens (including phenoxy) is 2. The first-order chi connectivity index (χ1) is 10.1. The molecule has 0 fully saturated rings. The van der Waals surface area contributed by atoms with E-state index >= 15 is 0 Å². The number of para-hydroxylation sites is 3. The lowest BCUT2D eigenvalue weighted by Crippen LogP contribution is -2.33. The van der Waals surface area contributed by atoms with Gasteiger partial charge in [0, 0.05) is 6.07 Å². The minimum Gasteiger partial charge on any atom is -0.476 e. The molecule has 2 aromatic rings. The summed E-state index contributed by atoms with van der Waals surface area (Å²) in [5.74, 6) is -1.29. The van der Waals surface area contributed by atoms with Gasteiger partial charge in [-0.25, -0.2) is 4.79 Å². The Kier molecular flexibility index (Phi) is 4.35. The Labute approximate surface area is 119 Å². The summed E-state index contributed by atoms with van der Waals surface area (Å²) < 4.78 is 10.3. The van der Waals surface area contributed by atoms with Crippen molar-refractivity contribution in [2.24, 2.45) is 0 Å². The first kappa shape index (κ1) is 14.3. The highest BCUT2D eigenvalue weighted by Crippen LogP contribution is 2.27. The third-order valence-electron chi connectivity index (χ3n) is 2.48. The molecule has 7 heteroatoms. The Balaban J connectivity index is 2.21. The highest BCUT2D eigenvalue weighted by atomic mass is 16.7. The summed E-state index contributed by atoms with van der Waals surface area (Å²) in [6, 6.07) is 13.7. The number of aliphatic carboxylic acids is 1. The summed E-state index contributed by atoms with van der Waals surface area (Å²) in [5, 5.41) is 20.0. The van der Waals surface area contributed by atoms with E-state index in [2.05, 4.69) is 0 Å². The molecule has 2 aromatic carbocycles. The largest absolute Gasteiger partial charge is 0.476 e. The van der Waals surface area contributed by atoms with Crippen LogP contribution in [0.15, 0.2) is 54.6 Å². The summed E-state index contributed by atoms with van der Waals surface area (Å²) in [6.07, 6.45) is -1.69. The van der Waals surface area contributed by atoms with Crippen molar-refractivity contribution < 1.29 is 24.3 Å². The van der Waals surface area contributed by atoms with Gasteiger partial charge in [0.25, 0.3) is 0 Å². The molecule has 0 saturated heterocycles. The van der Waals surface area contributed by atoms with Crippen molar-refractivity contribution in [1.82, 2.24) is 0 Å². The predicted octanol–water partition coefficient (Wildman–Crippen LogP) is 2.46. The molecular formula is C14H11NO6. The number of rotatable bonds is 6. The van der Waals surface area contributed by atoms with E-state index in [1.807, 2.05) is 0 Å². The smallest absolute Gasteiger partial charge is 0.387 e. The monoisotopic (exact) mass is 289 g/mol. The molecule has 0 aliphatic rings. The van der Waals surface area contributed by atoms with E-state index in [1.165, 1.54) is 24.3 Å². The van der Waals surface area contributed by atoms with Gasteiger partial charge < -0.3 is 14.6 Å². The fourth-order valence-corrected chi connectivity index (χ4v) is 1.57. The van der Waals surface area contributed by atoms with Gasteiger partial charge in [0.2, 0.25) is 5.75 Å². The molecule has 0 aliphatic heterocycles. The Morgan fingerprint density at radius 3 is 2.29 bits per heavy atom. The van der Waals surface area contributed by atoms with Crippen molar-refractivity contribution in [1.29, 1.82) is 0 Å². The summed E-state index contributed by atoms with van der Waals surface area (Å²) in [4.78, 5) is 21.4. The lowest BCUT2D eigenvalue weighted by molar-refractivity contribution is -0.386. The van der Waals surface area contributed by atoms with E-state index < -0.39 is 17.2 Å². The summed E-state index contributed by atoms with van der Waals surface area (Å²) in [7, 11) is 0. The zero-order valence-corrected chi connectivity index (χ0v) is 10.7. The van der Waals surface area contributed by atoms with Crippen molar-refractivity contribution in [2.45, 2.75) is 6.29 Å². The van der Waals surface area contributed by atoms with Gasteiger partial charge >= 0.3 is 17.9 Å². The summed E-state index contributed by atoms with van der Waals surface area (Å²) in [5.41, 5.74) is -0.333. The Hall–Kier alpha value is -3.09. The number of nitrogens with zero attached hydrogens (tertiary/aromatic N) is 1. The predicted molar refractivity (Wildman–Crippen MR) is 72.2 cm³/mol. The van der Waals surface area contributed by atoms with Crippen molar-refractivity contribution in [3.05, 3.63) is 64.7 Å². The van der Waals surface area contributed by atoms with Crippen LogP contribution >= 0.6 is 0 Å². The molecule has 108 valence electrons. The van der Waals surface area contributed by atoms with E-state index in [0.29, 0.717) is 0 Å². The normalized spacial score (nSPS) is 11.4. The van der Waals surface area contributed by atoms with E-state index in [9.17, 15) is 14.9 Å². The number of hydrogen-bond acceptors (Lipinski definition) is 5. The van der Waals surface area contributed by atoms with Crippen molar-refractivity contribution in [3.63, 3.8) is 0 Å². The molecule has 0 radical (unpaired) electrons. The Morgan fingerprint density at radius 2 is 1.67 bits per heavy atom. The van der Waals surface area contributed by atoms with Crippen LogP contribution in [0.25, 0.3) is 0 Å². The number of nitro groups is 1. The second-order valence-electron chi connectivity index (χ2n) is 3.94. The topological polar surface area (TPSA) is 98.9 Å². The maximum absolute atomic E-state index is 11.2. The quantitative estimate of drug-likeness (QED) is 0.498. The molecule has 1 unspecified atom stereocenters. The summed E-state index contributed by atoms with van der Waals surface area (Å²) >= 11 is 0. The van der Waals surface area contributed by atoms with Crippen LogP contribution in [-0.2, 0) is 4.79 Å². The number of hydrogen-bond donors (Lipinski definition) is 1. The lowest BCUT2D eigenvalue weighted by atomic mass is 10.3. The highest BCUT2D eigenvalue weighted by Gasteiger charge is 2.25. The second kappa shape index (κ2) is 6.38. The average Bonchev–Trinajstić information content (AvgIpc) is 2.48. The van der Waals surface area contributed by atoms with Gasteiger partial charge in [-0.15, -0.1) is 0 Å². The first-order valence-corrected chi connectivity index (χ1v) is 5.92. The molecule has 2 rings (SSSR count). The van der Waals surface area contributed by atoms with Crippen LogP contribution in [0.2, 0.25) is 0 Å². The van der Waals surface area contributed by atoms with Crippen molar-refractivity contribution in [2.75, 3.05) is 0 Å². The lowest BCUT2D eigenvalue weighted by Gasteiger charge is -2.16. The zero-order valence-electron chi connectivity index (χ0n) is 10.7. The third kappa shape index (κ3) is 3.69. The van der Waals surface area contributed by atoms with Gasteiger partial charge in [-0.05, 0) is 18.2 Å². The molecule has 21 heavy (non-hydrogen) atoms. The number of benzene rings is 2. The first-order valence-electron chi connectivity index (χ1n) is 5.92. The molecule has 1 N–H and O–H groups in total. The average molecular weight is 289 g/mol. The van der Waals surface area contributed by atoms with Crippen LogP contribution in [0.4, 0.5) is 5.69 Å². The van der Waals surface area contributed by atoms with Crippen molar-refractivity contribution in [3.8, 4) is 11.5 Å². The molecule has 1 atom stereocenters. The standard InChI is InChI=1S/C14H11NO6/c16-13(17)14(20-10-6-2-1-3-7-10)21-12-9-5-4-8-11(12)15(18)19/h1-9,14H,(H,16,17). The highest BCUT2D eigenvalue weighted by molar-refractivity contribution is 5.72. The zero-order chi connectivity index (χ0) is 15.2. The van der Waals surface area contributed by atoms with E-state index in [1.54, 1.807) is 30.3 Å². The van der Waals surface area contributed by atoms with Gasteiger partial charge in [-0.3, -0.25) is 10.1 Å². The van der Waals surface area contributed by atoms with Crippen molar-refractivity contribution >= 4 is 11.7 Å². The fourth-order valence-electron chi connectivity index (χ4n) is 1.57. The minimum absolute atomic E-state index is 0.175. The third-order valence-corrected chi connectivity index (χ3v) is 2.48. The number of nitro benzene ring substituents is 1. The molecule has 0 bridgehead atoms. The number of carboxylic acids is 1. The molecule has 0 aliphatic carbocycles. The Bertz CT molecular complexity index is 643. The van der Waals surface area contributed by atoms with Crippen LogP contribution in [0.3, 0.4) is 0 Å². The minimum atomic E-state index is -1.69. The van der Waals surface area contributed by atoms with E-state index in [-0.39, 0.29) is 17.2 Å². The molecule has 0 aromatic heterocycles. The number of carbonyl (C=O) groups is 1. The number of carboxylic acid groups (broad SMARTS) is 1.